The Labute approximate surface area is 173 Å². The summed E-state index contributed by atoms with van der Waals surface area (Å²) in [5.41, 5.74) is 2.39. The van der Waals surface area contributed by atoms with E-state index < -0.39 is 0 Å². The Morgan fingerprint density at radius 2 is 1.86 bits per heavy atom. The SMILES string of the molecule is O=C(Nc1ccc2c(c1)OCO2)c1oc2ccccc2c1CSC1CCCCC1. The monoisotopic (exact) mass is 409 g/mol. The molecule has 1 aliphatic carbocycles. The Hall–Kier alpha value is -2.60. The molecule has 5 nitrogen and oxygen atoms in total. The van der Waals surface area contributed by atoms with Crippen molar-refractivity contribution in [1.82, 2.24) is 0 Å². The number of benzene rings is 2. The maximum atomic E-state index is 13.1. The average molecular weight is 410 g/mol. The summed E-state index contributed by atoms with van der Waals surface area (Å²) in [6, 6.07) is 13.3. The number of carbonyl (C=O) groups excluding carboxylic acids is 1. The summed E-state index contributed by atoms with van der Waals surface area (Å²) in [6.07, 6.45) is 6.48. The van der Waals surface area contributed by atoms with Crippen molar-refractivity contribution in [2.24, 2.45) is 0 Å². The van der Waals surface area contributed by atoms with Crippen LogP contribution in [0.4, 0.5) is 5.69 Å². The van der Waals surface area contributed by atoms with Gasteiger partial charge in [-0.15, -0.1) is 0 Å². The number of para-hydroxylation sites is 1. The van der Waals surface area contributed by atoms with Gasteiger partial charge in [-0.25, -0.2) is 0 Å². The van der Waals surface area contributed by atoms with Gasteiger partial charge in [0.15, 0.2) is 17.3 Å². The topological polar surface area (TPSA) is 60.7 Å². The van der Waals surface area contributed by atoms with Crippen molar-refractivity contribution in [3.8, 4) is 11.5 Å². The van der Waals surface area contributed by atoms with Gasteiger partial charge >= 0.3 is 0 Å². The van der Waals surface area contributed by atoms with Crippen LogP contribution in [0.15, 0.2) is 46.9 Å². The maximum absolute atomic E-state index is 13.1. The van der Waals surface area contributed by atoms with Gasteiger partial charge in [-0.1, -0.05) is 37.5 Å². The second-order valence-corrected chi connectivity index (χ2v) is 8.79. The van der Waals surface area contributed by atoms with Crippen LogP contribution in [-0.4, -0.2) is 18.0 Å². The van der Waals surface area contributed by atoms with Crippen LogP contribution >= 0.6 is 11.8 Å². The third-order valence-electron chi connectivity index (χ3n) is 5.55. The normalized spacial score (nSPS) is 16.3. The third-order valence-corrected chi connectivity index (χ3v) is 6.95. The summed E-state index contributed by atoms with van der Waals surface area (Å²) in [4.78, 5) is 13.1. The molecule has 3 aromatic rings. The van der Waals surface area contributed by atoms with E-state index in [0.717, 1.165) is 22.3 Å². The van der Waals surface area contributed by atoms with Gasteiger partial charge < -0.3 is 19.2 Å². The van der Waals surface area contributed by atoms with Crippen LogP contribution in [0.2, 0.25) is 0 Å². The lowest BCUT2D eigenvalue weighted by molar-refractivity contribution is 0.0998. The molecular weight excluding hydrogens is 386 g/mol. The zero-order valence-electron chi connectivity index (χ0n) is 16.1. The van der Waals surface area contributed by atoms with E-state index in [9.17, 15) is 4.79 Å². The molecule has 1 aromatic heterocycles. The Morgan fingerprint density at radius 3 is 2.76 bits per heavy atom. The number of fused-ring (bicyclic) bond motifs is 2. The van der Waals surface area contributed by atoms with E-state index >= 15 is 0 Å². The van der Waals surface area contributed by atoms with Crippen LogP contribution in [0, 0.1) is 0 Å². The van der Waals surface area contributed by atoms with Crippen LogP contribution in [0.1, 0.15) is 48.2 Å². The van der Waals surface area contributed by atoms with Gasteiger partial charge in [0.1, 0.15) is 5.58 Å². The Morgan fingerprint density at radius 1 is 1.03 bits per heavy atom. The van der Waals surface area contributed by atoms with E-state index in [0.29, 0.717) is 28.2 Å². The first kappa shape index (κ1) is 18.4. The molecule has 0 bridgehead atoms. The molecule has 29 heavy (non-hydrogen) atoms. The number of hydrogen-bond donors (Lipinski definition) is 1. The fourth-order valence-electron chi connectivity index (χ4n) is 4.02. The molecular formula is C23H23NO4S. The quantitative estimate of drug-likeness (QED) is 0.562. The van der Waals surface area contributed by atoms with Crippen LogP contribution in [-0.2, 0) is 5.75 Å². The van der Waals surface area contributed by atoms with Crippen molar-refractivity contribution in [1.29, 1.82) is 0 Å². The minimum Gasteiger partial charge on any atom is -0.454 e. The van der Waals surface area contributed by atoms with Crippen molar-refractivity contribution in [3.63, 3.8) is 0 Å². The molecule has 2 heterocycles. The molecule has 1 amide bonds. The number of ether oxygens (including phenoxy) is 2. The molecule has 0 radical (unpaired) electrons. The smallest absolute Gasteiger partial charge is 0.291 e. The molecule has 150 valence electrons. The second-order valence-electron chi connectivity index (χ2n) is 7.50. The second kappa shape index (κ2) is 8.03. The van der Waals surface area contributed by atoms with Crippen molar-refractivity contribution in [3.05, 3.63) is 53.8 Å². The Balaban J connectivity index is 1.40. The minimum atomic E-state index is -0.237. The van der Waals surface area contributed by atoms with Crippen LogP contribution in [0.25, 0.3) is 11.0 Å². The van der Waals surface area contributed by atoms with Crippen molar-refractivity contribution < 1.29 is 18.7 Å². The first-order valence-corrected chi connectivity index (χ1v) is 11.2. The number of anilines is 1. The molecule has 1 saturated carbocycles. The first-order valence-electron chi connectivity index (χ1n) is 10.1. The standard InChI is InChI=1S/C23H23NO4S/c25-23(24-15-10-11-20-21(12-15)27-14-26-20)22-18(13-29-16-6-2-1-3-7-16)17-8-4-5-9-19(17)28-22/h4-5,8-12,16H,1-3,6-7,13-14H2,(H,24,25). The molecule has 6 heteroatoms. The summed E-state index contributed by atoms with van der Waals surface area (Å²) in [7, 11) is 0. The highest BCUT2D eigenvalue weighted by atomic mass is 32.2. The highest BCUT2D eigenvalue weighted by Crippen LogP contribution is 2.37. The maximum Gasteiger partial charge on any atom is 0.291 e. The minimum absolute atomic E-state index is 0.207. The number of thioether (sulfide) groups is 1. The van der Waals surface area contributed by atoms with E-state index in [-0.39, 0.29) is 12.7 Å². The summed E-state index contributed by atoms with van der Waals surface area (Å²) in [5, 5.41) is 4.64. The number of rotatable bonds is 5. The van der Waals surface area contributed by atoms with Gasteiger partial charge in [0.05, 0.1) is 0 Å². The van der Waals surface area contributed by atoms with Gasteiger partial charge in [0.2, 0.25) is 6.79 Å². The molecule has 2 aliphatic rings. The Bertz CT molecular complexity index is 1040. The highest BCUT2D eigenvalue weighted by Gasteiger charge is 2.23. The van der Waals surface area contributed by atoms with Gasteiger partial charge in [-0.05, 0) is 31.0 Å². The Kier molecular flexibility index (Phi) is 5.10. The van der Waals surface area contributed by atoms with E-state index in [1.807, 2.05) is 42.1 Å². The average Bonchev–Trinajstić information content (AvgIpc) is 3.37. The molecule has 5 rings (SSSR count). The number of amides is 1. The lowest BCUT2D eigenvalue weighted by Gasteiger charge is -2.20. The molecule has 2 aromatic carbocycles. The summed E-state index contributed by atoms with van der Waals surface area (Å²) in [5.74, 6) is 2.27. The van der Waals surface area contributed by atoms with Gasteiger partial charge in [-0.3, -0.25) is 4.79 Å². The van der Waals surface area contributed by atoms with Crippen LogP contribution < -0.4 is 14.8 Å². The molecule has 1 aliphatic heterocycles. The summed E-state index contributed by atoms with van der Waals surface area (Å²) < 4.78 is 16.7. The molecule has 0 spiro atoms. The zero-order chi connectivity index (χ0) is 19.6. The lowest BCUT2D eigenvalue weighted by atomic mass is 10.0. The lowest BCUT2D eigenvalue weighted by Crippen LogP contribution is -2.13. The van der Waals surface area contributed by atoms with E-state index in [1.165, 1.54) is 32.1 Å². The predicted octanol–water partition coefficient (Wildman–Crippen LogP) is 5.98. The van der Waals surface area contributed by atoms with Crippen LogP contribution in [0.5, 0.6) is 11.5 Å². The van der Waals surface area contributed by atoms with Crippen molar-refractivity contribution >= 4 is 34.3 Å². The summed E-state index contributed by atoms with van der Waals surface area (Å²) in [6.45, 7) is 0.207. The molecule has 1 fully saturated rings. The molecule has 0 unspecified atom stereocenters. The fraction of sp³-hybridized carbons (Fsp3) is 0.348. The van der Waals surface area contributed by atoms with E-state index in [4.69, 9.17) is 13.9 Å². The van der Waals surface area contributed by atoms with E-state index in [2.05, 4.69) is 5.32 Å². The largest absolute Gasteiger partial charge is 0.454 e. The van der Waals surface area contributed by atoms with Crippen molar-refractivity contribution in [2.75, 3.05) is 12.1 Å². The number of carbonyl (C=O) groups is 1. The van der Waals surface area contributed by atoms with E-state index in [1.54, 1.807) is 12.1 Å². The molecule has 0 saturated heterocycles. The first-order chi connectivity index (χ1) is 14.3. The third kappa shape index (κ3) is 3.81. The number of hydrogen-bond acceptors (Lipinski definition) is 5. The van der Waals surface area contributed by atoms with Gasteiger partial charge in [-0.2, -0.15) is 11.8 Å². The van der Waals surface area contributed by atoms with Gasteiger partial charge in [0, 0.05) is 33.7 Å². The van der Waals surface area contributed by atoms with Gasteiger partial charge in [0.25, 0.3) is 5.91 Å². The van der Waals surface area contributed by atoms with Crippen molar-refractivity contribution in [2.45, 2.75) is 43.1 Å². The summed E-state index contributed by atoms with van der Waals surface area (Å²) >= 11 is 1.95. The van der Waals surface area contributed by atoms with Crippen LogP contribution in [0.3, 0.4) is 0 Å². The highest BCUT2D eigenvalue weighted by molar-refractivity contribution is 7.99. The number of nitrogens with one attached hydrogen (secondary N) is 1. The molecule has 1 N–H and O–H groups in total. The fourth-order valence-corrected chi connectivity index (χ4v) is 5.38. The zero-order valence-corrected chi connectivity index (χ0v) is 16.9. The predicted molar refractivity (Wildman–Crippen MR) is 115 cm³/mol. The number of furan rings is 1. The molecule has 0 atom stereocenters.